The highest BCUT2D eigenvalue weighted by molar-refractivity contribution is 6.12. The highest BCUT2D eigenvalue weighted by atomic mass is 16.8. The van der Waals surface area contributed by atoms with Crippen molar-refractivity contribution in [3.63, 3.8) is 0 Å². The third kappa shape index (κ3) is 12.0. The Labute approximate surface area is 614 Å². The molecule has 5 aliphatic heterocycles. The summed E-state index contributed by atoms with van der Waals surface area (Å²) in [5.74, 6) is -51.0. The lowest BCUT2D eigenvalue weighted by atomic mass is 9.91. The zero-order valence-electron chi connectivity index (χ0n) is 54.8. The summed E-state index contributed by atoms with van der Waals surface area (Å²) in [6.45, 7) is -2.70. The molecule has 5 aliphatic rings. The van der Waals surface area contributed by atoms with E-state index >= 15 is 0 Å². The summed E-state index contributed by atoms with van der Waals surface area (Å²) in [6, 6.07) is 3.21. The van der Waals surface area contributed by atoms with Crippen LogP contribution < -0.4 is 4.74 Å². The molecule has 0 spiro atoms. The third-order valence-corrected chi connectivity index (χ3v) is 17.9. The maximum Gasteiger partial charge on any atom is 0.344 e. The number of carbonyl (C=O) groups excluding carboxylic acids is 8. The fourth-order valence-corrected chi connectivity index (χ4v) is 12.5. The monoisotopic (exact) mass is 1570 g/mol. The first kappa shape index (κ1) is 74.8. The van der Waals surface area contributed by atoms with Crippen molar-refractivity contribution in [1.29, 1.82) is 0 Å². The van der Waals surface area contributed by atoms with Gasteiger partial charge in [0.15, 0.2) is 110 Å². The second-order valence-electron chi connectivity index (χ2n) is 24.6. The second-order valence-corrected chi connectivity index (χ2v) is 24.6. The minimum absolute atomic E-state index is 0.284. The Balaban J connectivity index is 0.845. The Morgan fingerprint density at radius 2 is 0.607 bits per heavy atom. The van der Waals surface area contributed by atoms with E-state index in [1.807, 2.05) is 0 Å². The maximum absolute atomic E-state index is 14.9. The molecule has 44 heteroatoms. The quantitative estimate of drug-likeness (QED) is 0.0640. The number of aliphatic hydroxyl groups is 2. The van der Waals surface area contributed by atoms with E-state index < -0.39 is 344 Å². The Bertz CT molecular complexity index is 5510. The van der Waals surface area contributed by atoms with Gasteiger partial charge in [0.2, 0.25) is 70.4 Å². The number of benzene rings is 8. The molecule has 1 unspecified atom stereocenters. The Kier molecular flexibility index (Phi) is 18.1. The highest BCUT2D eigenvalue weighted by Crippen LogP contribution is 2.58. The number of cyclic esters (lactones) is 2. The normalized spacial score (nSPS) is 21.3. The van der Waals surface area contributed by atoms with Crippen molar-refractivity contribution in [3.05, 3.63) is 99.1 Å². The van der Waals surface area contributed by atoms with E-state index in [0.29, 0.717) is 48.5 Å². The van der Waals surface area contributed by atoms with Gasteiger partial charge in [-0.25, -0.2) is 38.4 Å². The summed E-state index contributed by atoms with van der Waals surface area (Å²) in [4.78, 5) is 115. The van der Waals surface area contributed by atoms with Crippen LogP contribution in [0.15, 0.2) is 54.6 Å². The van der Waals surface area contributed by atoms with Crippen molar-refractivity contribution < 1.29 is 218 Å². The highest BCUT2D eigenvalue weighted by Gasteiger charge is 2.57. The van der Waals surface area contributed by atoms with Crippen molar-refractivity contribution in [1.82, 2.24) is 0 Å². The van der Waals surface area contributed by atoms with Crippen LogP contribution in [-0.4, -0.2) is 250 Å². The summed E-state index contributed by atoms with van der Waals surface area (Å²) < 4.78 is 61.2. The standard InChI is InChI=1S/C68H48O44/c69-20-1-12(2-27(38(20)77)104-28-9-19(37(76)52(91)45(28)84)66(101)112-67-54(93)53(92)55-29(105-67)10-102-60(95)13-3-21(70)39(78)46(85)31(13)33-15(62(97)107-55)5-23(72)41(80)48(33)87)59(94)111-68-58-57(109-64(99)17-7-25(74)43(82)50(89)35(17)36-18(65(100)110-58)8-26(75)44(83)51(36)90)56-30(106-68)11-103-61(96)14-4-22(71)40(79)47(86)32(14)34-16(63(98)108-56)6-24(73)42(81)49(34)88/h1-9,29-30,53-58,67-93H,10-11H2/t29?,30-,53-,54-,55-,56-,57+,58-,67-,68-/m1/s1. The predicted molar refractivity (Wildman–Crippen MR) is 344 cm³/mol. The summed E-state index contributed by atoms with van der Waals surface area (Å²) in [6.07, 6.45) is -25.6. The molecule has 0 aliphatic carbocycles. The molecule has 0 amide bonds. The van der Waals surface area contributed by atoms with E-state index in [0.717, 1.165) is 0 Å². The van der Waals surface area contributed by atoms with Crippen molar-refractivity contribution in [2.45, 2.75) is 61.4 Å². The SMILES string of the molecule is O=C(O[C@H]1O[C@@H]2COC(=O)c3cc(O)c(O)c(O)c3-c3c(cc(O)c(O)c3O)C(=O)O[C@H]2[C@@H]2OC(=O)c3cc(O)c(O)c(O)c3-c3c(cc(O)c(O)c3O)C(=O)O[C@@H]12)c1cc(O)c(O)c(Oc2cc(C(=O)O[C@H]3OC4COC(=O)c5cc(O)c(O)c(O)c5-c5c(cc(O)c(O)c5O)C(=O)O[C@H]4[C@H](O)[C@H]3O)c(O)c(O)c2O)c1. The summed E-state index contributed by atoms with van der Waals surface area (Å²) in [5, 5.41) is 273. The number of hydrogen-bond donors (Lipinski definition) is 25. The smallest absolute Gasteiger partial charge is 0.344 e. The topological polar surface area (TPSA) is 744 Å². The van der Waals surface area contributed by atoms with Gasteiger partial charge < -0.3 is 180 Å². The molecule has 10 atom stereocenters. The minimum atomic E-state index is -2.85. The molecule has 5 heterocycles. The van der Waals surface area contributed by atoms with Crippen LogP contribution in [0.3, 0.4) is 0 Å². The van der Waals surface area contributed by atoms with Crippen LogP contribution in [0.1, 0.15) is 82.9 Å². The molecule has 2 fully saturated rings. The van der Waals surface area contributed by atoms with Crippen molar-refractivity contribution in [2.24, 2.45) is 0 Å². The van der Waals surface area contributed by atoms with E-state index in [2.05, 4.69) is 0 Å². The molecule has 0 aromatic heterocycles. The number of phenols is 23. The number of rotatable bonds is 6. The van der Waals surface area contributed by atoms with Crippen LogP contribution in [0, 0.1) is 0 Å². The molecule has 13 rings (SSSR count). The van der Waals surface area contributed by atoms with Gasteiger partial charge in [-0.1, -0.05) is 0 Å². The van der Waals surface area contributed by atoms with Gasteiger partial charge >= 0.3 is 47.8 Å². The Morgan fingerprint density at radius 1 is 0.295 bits per heavy atom. The Hall–Kier alpha value is -15.4. The molecule has 0 saturated carbocycles. The van der Waals surface area contributed by atoms with Crippen LogP contribution in [0.2, 0.25) is 0 Å². The number of ether oxygens (including phenoxy) is 11. The van der Waals surface area contributed by atoms with Gasteiger partial charge in [0.25, 0.3) is 0 Å². The molecule has 25 N–H and O–H groups in total. The fraction of sp³-hybridized carbons (Fsp3) is 0.176. The molecular formula is C68H48O44. The maximum atomic E-state index is 14.9. The molecule has 8 aromatic carbocycles. The van der Waals surface area contributed by atoms with Crippen LogP contribution >= 0.6 is 0 Å². The van der Waals surface area contributed by atoms with Crippen LogP contribution in [0.25, 0.3) is 33.4 Å². The molecule has 0 radical (unpaired) electrons. The molecular weight excluding hydrogens is 1520 g/mol. The fourth-order valence-electron chi connectivity index (χ4n) is 12.5. The van der Waals surface area contributed by atoms with E-state index in [1.54, 1.807) is 0 Å². The van der Waals surface area contributed by atoms with Gasteiger partial charge in [0, 0.05) is 39.4 Å². The average molecular weight is 1570 g/mol. The average Bonchev–Trinajstić information content (AvgIpc) is 0.968. The van der Waals surface area contributed by atoms with Gasteiger partial charge in [-0.15, -0.1) is 0 Å². The largest absolute Gasteiger partial charge is 0.504 e. The summed E-state index contributed by atoms with van der Waals surface area (Å²) >= 11 is 0. The van der Waals surface area contributed by atoms with E-state index in [9.17, 15) is 166 Å². The molecule has 2 saturated heterocycles. The van der Waals surface area contributed by atoms with Crippen molar-refractivity contribution in [3.8, 4) is 177 Å². The van der Waals surface area contributed by atoms with E-state index in [4.69, 9.17) is 52.1 Å². The Morgan fingerprint density at radius 3 is 1.00 bits per heavy atom. The third-order valence-electron chi connectivity index (χ3n) is 17.9. The number of esters is 8. The molecule has 112 heavy (non-hydrogen) atoms. The zero-order chi connectivity index (χ0) is 81.5. The molecule has 0 bridgehead atoms. The van der Waals surface area contributed by atoms with Crippen LogP contribution in [-0.2, 0) is 47.4 Å². The van der Waals surface area contributed by atoms with E-state index in [1.165, 1.54) is 0 Å². The zero-order valence-corrected chi connectivity index (χ0v) is 54.8. The number of fused-ring (bicyclic) bond motifs is 13. The van der Waals surface area contributed by atoms with Gasteiger partial charge in [0.1, 0.15) is 43.2 Å². The number of phenolic OH excluding ortho intramolecular Hbond substituents is 23. The summed E-state index contributed by atoms with van der Waals surface area (Å²) in [5.41, 5.74) is -16.2. The van der Waals surface area contributed by atoms with Crippen LogP contribution in [0.4, 0.5) is 0 Å². The van der Waals surface area contributed by atoms with Gasteiger partial charge in [-0.2, -0.15) is 0 Å². The van der Waals surface area contributed by atoms with Gasteiger partial charge in [0.05, 0.1) is 38.9 Å². The molecule has 584 valence electrons. The lowest BCUT2D eigenvalue weighted by Gasteiger charge is -2.44. The van der Waals surface area contributed by atoms with Crippen molar-refractivity contribution >= 4 is 47.8 Å². The van der Waals surface area contributed by atoms with E-state index in [-0.39, 0.29) is 6.07 Å². The van der Waals surface area contributed by atoms with Gasteiger partial charge in [-0.05, 0) is 48.5 Å². The summed E-state index contributed by atoms with van der Waals surface area (Å²) in [7, 11) is 0. The molecule has 44 nitrogen and oxygen atoms in total. The number of carbonyl (C=O) groups is 8. The first-order chi connectivity index (χ1) is 52.7. The lowest BCUT2D eigenvalue weighted by Crippen LogP contribution is -2.63. The number of hydrogen-bond acceptors (Lipinski definition) is 44. The number of aromatic hydroxyl groups is 23. The first-order valence-corrected chi connectivity index (χ1v) is 31.2. The minimum Gasteiger partial charge on any atom is -0.504 e. The van der Waals surface area contributed by atoms with Crippen LogP contribution in [0.5, 0.6) is 144 Å². The first-order valence-electron chi connectivity index (χ1n) is 31.2. The number of aliphatic hydroxyl groups excluding tert-OH is 2. The van der Waals surface area contributed by atoms with Gasteiger partial charge in [-0.3, -0.25) is 0 Å². The molecule has 8 aromatic rings. The predicted octanol–water partition coefficient (Wildman–Crippen LogP) is 1.75. The lowest BCUT2D eigenvalue weighted by molar-refractivity contribution is -0.284. The van der Waals surface area contributed by atoms with Crippen molar-refractivity contribution in [2.75, 3.05) is 13.2 Å². The second kappa shape index (κ2) is 27.1.